The van der Waals surface area contributed by atoms with Crippen LogP contribution in [0.25, 0.3) is 10.2 Å². The largest absolute Gasteiger partial charge is 0.457 e. The molecule has 5 rings (SSSR count). The van der Waals surface area contributed by atoms with Gasteiger partial charge in [0.15, 0.2) is 5.13 Å². The van der Waals surface area contributed by atoms with Crippen LogP contribution < -0.4 is 15.0 Å². The number of ether oxygens (including phenoxy) is 1. The molecule has 6 nitrogen and oxygen atoms in total. The Hall–Kier alpha value is -3.42. The molecule has 1 saturated heterocycles. The molecule has 0 unspecified atom stereocenters. The molecule has 7 heteroatoms. The van der Waals surface area contributed by atoms with Crippen LogP contribution >= 0.6 is 11.3 Å². The summed E-state index contributed by atoms with van der Waals surface area (Å²) in [5.41, 5.74) is 4.26. The summed E-state index contributed by atoms with van der Waals surface area (Å²) in [6.07, 6.45) is 0. The lowest BCUT2D eigenvalue weighted by atomic mass is 10.1. The third-order valence-electron chi connectivity index (χ3n) is 6.24. The Morgan fingerprint density at radius 2 is 1.74 bits per heavy atom. The summed E-state index contributed by atoms with van der Waals surface area (Å²) in [5.74, 6) is 1.32. The van der Waals surface area contributed by atoms with Crippen LogP contribution in [0.3, 0.4) is 0 Å². The van der Waals surface area contributed by atoms with E-state index in [2.05, 4.69) is 41.1 Å². The summed E-state index contributed by atoms with van der Waals surface area (Å²) >= 11 is 1.79. The number of para-hydroxylation sites is 1. The topological polar surface area (TPSA) is 57.7 Å². The SMILES string of the molecule is Cc1cc(C)c2sc(N3CCN(CCNC(=O)c4cccc(Oc5ccccc5)c4)CC3)nc2c1. The van der Waals surface area contributed by atoms with Crippen molar-refractivity contribution in [3.8, 4) is 11.5 Å². The van der Waals surface area contributed by atoms with E-state index >= 15 is 0 Å². The summed E-state index contributed by atoms with van der Waals surface area (Å²) < 4.78 is 7.14. The van der Waals surface area contributed by atoms with E-state index in [1.54, 1.807) is 17.4 Å². The first-order chi connectivity index (χ1) is 17.0. The number of hydrogen-bond donors (Lipinski definition) is 1. The lowest BCUT2D eigenvalue weighted by Gasteiger charge is -2.34. The molecular formula is C28H30N4O2S. The van der Waals surface area contributed by atoms with Crippen molar-refractivity contribution in [1.82, 2.24) is 15.2 Å². The van der Waals surface area contributed by atoms with Crippen molar-refractivity contribution in [3.05, 3.63) is 83.4 Å². The summed E-state index contributed by atoms with van der Waals surface area (Å²) in [5, 5.41) is 4.16. The zero-order valence-corrected chi connectivity index (χ0v) is 21.0. The van der Waals surface area contributed by atoms with Gasteiger partial charge in [-0.1, -0.05) is 41.7 Å². The number of piperazine rings is 1. The minimum absolute atomic E-state index is 0.0812. The normalized spacial score (nSPS) is 14.3. The molecule has 0 saturated carbocycles. The maximum Gasteiger partial charge on any atom is 0.251 e. The van der Waals surface area contributed by atoms with Gasteiger partial charge in [-0.2, -0.15) is 0 Å². The van der Waals surface area contributed by atoms with E-state index < -0.39 is 0 Å². The van der Waals surface area contributed by atoms with E-state index in [0.29, 0.717) is 17.9 Å². The van der Waals surface area contributed by atoms with Crippen LogP contribution in [-0.4, -0.2) is 55.1 Å². The second-order valence-corrected chi connectivity index (χ2v) is 9.93. The van der Waals surface area contributed by atoms with Crippen molar-refractivity contribution in [2.24, 2.45) is 0 Å². The molecule has 1 amide bonds. The second kappa shape index (κ2) is 10.5. The predicted molar refractivity (Wildman–Crippen MR) is 143 cm³/mol. The third kappa shape index (κ3) is 5.63. The highest BCUT2D eigenvalue weighted by Crippen LogP contribution is 2.32. The molecular weight excluding hydrogens is 456 g/mol. The van der Waals surface area contributed by atoms with Crippen molar-refractivity contribution in [2.75, 3.05) is 44.2 Å². The smallest absolute Gasteiger partial charge is 0.251 e. The van der Waals surface area contributed by atoms with Crippen molar-refractivity contribution in [2.45, 2.75) is 13.8 Å². The number of fused-ring (bicyclic) bond motifs is 1. The van der Waals surface area contributed by atoms with Crippen molar-refractivity contribution < 1.29 is 9.53 Å². The molecule has 1 aliphatic rings. The fourth-order valence-electron chi connectivity index (χ4n) is 4.42. The van der Waals surface area contributed by atoms with Crippen molar-refractivity contribution in [1.29, 1.82) is 0 Å². The minimum Gasteiger partial charge on any atom is -0.457 e. The summed E-state index contributed by atoms with van der Waals surface area (Å²) in [6.45, 7) is 9.55. The van der Waals surface area contributed by atoms with E-state index in [-0.39, 0.29) is 5.91 Å². The first kappa shape index (κ1) is 23.3. The molecule has 0 atom stereocenters. The van der Waals surface area contributed by atoms with Gasteiger partial charge in [0.25, 0.3) is 5.91 Å². The van der Waals surface area contributed by atoms with Gasteiger partial charge in [-0.05, 0) is 61.4 Å². The zero-order chi connectivity index (χ0) is 24.2. The van der Waals surface area contributed by atoms with Crippen LogP contribution in [0.15, 0.2) is 66.7 Å². The Balaban J connectivity index is 1.10. The van der Waals surface area contributed by atoms with Crippen LogP contribution in [0.4, 0.5) is 5.13 Å². The number of benzene rings is 3. The molecule has 2 heterocycles. The molecule has 0 bridgehead atoms. The number of anilines is 1. The van der Waals surface area contributed by atoms with Crippen molar-refractivity contribution >= 4 is 32.6 Å². The van der Waals surface area contributed by atoms with E-state index in [0.717, 1.165) is 49.1 Å². The number of carbonyl (C=O) groups excluding carboxylic acids is 1. The Bertz CT molecular complexity index is 1310. The molecule has 1 fully saturated rings. The zero-order valence-electron chi connectivity index (χ0n) is 20.2. The Labute approximate surface area is 210 Å². The number of carbonyl (C=O) groups is 1. The summed E-state index contributed by atoms with van der Waals surface area (Å²) in [4.78, 5) is 22.3. The van der Waals surface area contributed by atoms with Gasteiger partial charge in [0.2, 0.25) is 0 Å². The van der Waals surface area contributed by atoms with E-state index in [9.17, 15) is 4.79 Å². The van der Waals surface area contributed by atoms with Crippen LogP contribution in [0.1, 0.15) is 21.5 Å². The molecule has 1 aromatic heterocycles. The predicted octanol–water partition coefficient (Wildman–Crippen LogP) is 5.26. The standard InChI is InChI=1S/C28H30N4O2S/c1-20-17-21(2)26-25(18-20)30-28(35-26)32-15-13-31(14-16-32)12-11-29-27(33)22-7-6-10-24(19-22)34-23-8-4-3-5-9-23/h3-10,17-19H,11-16H2,1-2H3,(H,29,33). The summed E-state index contributed by atoms with van der Waals surface area (Å²) in [6, 6.07) is 21.3. The number of rotatable bonds is 7. The Kier molecular flexibility index (Phi) is 6.97. The third-order valence-corrected chi connectivity index (χ3v) is 7.51. The fourth-order valence-corrected chi connectivity index (χ4v) is 5.49. The number of aromatic nitrogens is 1. The number of nitrogens with zero attached hydrogens (tertiary/aromatic N) is 3. The van der Waals surface area contributed by atoms with Gasteiger partial charge in [-0.25, -0.2) is 4.98 Å². The first-order valence-corrected chi connectivity index (χ1v) is 12.8. The van der Waals surface area contributed by atoms with Crippen LogP contribution in [-0.2, 0) is 0 Å². The number of thiazole rings is 1. The molecule has 35 heavy (non-hydrogen) atoms. The average Bonchev–Trinajstić information content (AvgIpc) is 3.30. The van der Waals surface area contributed by atoms with E-state index in [4.69, 9.17) is 9.72 Å². The fraction of sp³-hybridized carbons (Fsp3) is 0.286. The van der Waals surface area contributed by atoms with E-state index in [1.807, 2.05) is 48.5 Å². The van der Waals surface area contributed by atoms with Gasteiger partial charge in [0.05, 0.1) is 10.2 Å². The van der Waals surface area contributed by atoms with Gasteiger partial charge >= 0.3 is 0 Å². The van der Waals surface area contributed by atoms with Gasteiger partial charge in [0, 0.05) is 44.8 Å². The van der Waals surface area contributed by atoms with Gasteiger partial charge in [0.1, 0.15) is 11.5 Å². The average molecular weight is 487 g/mol. The Morgan fingerprint density at radius 3 is 2.54 bits per heavy atom. The molecule has 0 radical (unpaired) electrons. The lowest BCUT2D eigenvalue weighted by Crippen LogP contribution is -2.48. The highest BCUT2D eigenvalue weighted by atomic mass is 32.1. The molecule has 3 aromatic carbocycles. The van der Waals surface area contributed by atoms with Crippen LogP contribution in [0.2, 0.25) is 0 Å². The first-order valence-electron chi connectivity index (χ1n) is 12.0. The maximum absolute atomic E-state index is 12.7. The maximum atomic E-state index is 12.7. The minimum atomic E-state index is -0.0812. The molecule has 1 aliphatic heterocycles. The van der Waals surface area contributed by atoms with Crippen molar-refractivity contribution in [3.63, 3.8) is 0 Å². The quantitative estimate of drug-likeness (QED) is 0.386. The highest BCUT2D eigenvalue weighted by Gasteiger charge is 2.20. The molecule has 4 aromatic rings. The second-order valence-electron chi connectivity index (χ2n) is 8.95. The van der Waals surface area contributed by atoms with Crippen LogP contribution in [0, 0.1) is 13.8 Å². The number of aryl methyl sites for hydroxylation is 2. The number of hydrogen-bond acceptors (Lipinski definition) is 6. The highest BCUT2D eigenvalue weighted by molar-refractivity contribution is 7.22. The monoisotopic (exact) mass is 486 g/mol. The molecule has 1 N–H and O–H groups in total. The summed E-state index contributed by atoms with van der Waals surface area (Å²) in [7, 11) is 0. The Morgan fingerprint density at radius 1 is 0.971 bits per heavy atom. The number of nitrogens with one attached hydrogen (secondary N) is 1. The number of amides is 1. The molecule has 0 spiro atoms. The van der Waals surface area contributed by atoms with Crippen LogP contribution in [0.5, 0.6) is 11.5 Å². The van der Waals surface area contributed by atoms with Gasteiger partial charge in [-0.3, -0.25) is 9.69 Å². The van der Waals surface area contributed by atoms with Gasteiger partial charge in [-0.15, -0.1) is 0 Å². The van der Waals surface area contributed by atoms with Gasteiger partial charge < -0.3 is 15.0 Å². The lowest BCUT2D eigenvalue weighted by molar-refractivity contribution is 0.0947. The molecule has 0 aliphatic carbocycles. The molecule has 180 valence electrons. The van der Waals surface area contributed by atoms with E-state index in [1.165, 1.54) is 15.8 Å².